The van der Waals surface area contributed by atoms with Crippen molar-refractivity contribution in [2.75, 3.05) is 12.8 Å². The summed E-state index contributed by atoms with van der Waals surface area (Å²) in [6.45, 7) is 6.27. The molecule has 3 N–H and O–H groups in total. The van der Waals surface area contributed by atoms with E-state index < -0.39 is 0 Å². The molecule has 4 nitrogen and oxygen atoms in total. The maximum Gasteiger partial charge on any atom is 0.148 e. The Balaban J connectivity index is 2.54. The Kier molecular flexibility index (Phi) is 3.28. The van der Waals surface area contributed by atoms with Gasteiger partial charge in [-0.15, -0.1) is 0 Å². The van der Waals surface area contributed by atoms with Crippen molar-refractivity contribution in [3.63, 3.8) is 0 Å². The SMILES string of the molecule is COc1cc(C(C)C)ccc1-c1[nH]nc(N)c1C. The highest BCUT2D eigenvalue weighted by Crippen LogP contribution is 2.34. The number of nitrogens with two attached hydrogens (primary N) is 1. The van der Waals surface area contributed by atoms with Gasteiger partial charge in [0.2, 0.25) is 0 Å². The molecule has 96 valence electrons. The van der Waals surface area contributed by atoms with Gasteiger partial charge < -0.3 is 10.5 Å². The van der Waals surface area contributed by atoms with Crippen molar-refractivity contribution in [1.82, 2.24) is 10.2 Å². The van der Waals surface area contributed by atoms with E-state index in [1.807, 2.05) is 13.0 Å². The fourth-order valence-corrected chi connectivity index (χ4v) is 1.95. The molecule has 1 aromatic carbocycles. The first kappa shape index (κ1) is 12.5. The minimum atomic E-state index is 0.473. The van der Waals surface area contributed by atoms with E-state index in [9.17, 15) is 0 Å². The van der Waals surface area contributed by atoms with Crippen LogP contribution in [0.5, 0.6) is 5.75 Å². The summed E-state index contributed by atoms with van der Waals surface area (Å²) in [5.74, 6) is 1.84. The van der Waals surface area contributed by atoms with Crippen LogP contribution in [-0.2, 0) is 0 Å². The van der Waals surface area contributed by atoms with Crippen LogP contribution >= 0.6 is 0 Å². The molecular weight excluding hydrogens is 226 g/mol. The van der Waals surface area contributed by atoms with Gasteiger partial charge in [-0.3, -0.25) is 5.10 Å². The zero-order valence-electron chi connectivity index (χ0n) is 11.2. The summed E-state index contributed by atoms with van der Waals surface area (Å²) in [4.78, 5) is 0. The average molecular weight is 245 g/mol. The smallest absolute Gasteiger partial charge is 0.148 e. The van der Waals surface area contributed by atoms with Crippen molar-refractivity contribution in [3.05, 3.63) is 29.3 Å². The number of hydrogen-bond acceptors (Lipinski definition) is 3. The molecule has 0 aliphatic carbocycles. The topological polar surface area (TPSA) is 63.9 Å². The largest absolute Gasteiger partial charge is 0.496 e. The van der Waals surface area contributed by atoms with Crippen molar-refractivity contribution < 1.29 is 4.74 Å². The zero-order valence-corrected chi connectivity index (χ0v) is 11.2. The van der Waals surface area contributed by atoms with Crippen molar-refractivity contribution >= 4 is 5.82 Å². The predicted molar refractivity (Wildman–Crippen MR) is 73.8 cm³/mol. The Labute approximate surface area is 107 Å². The molecular formula is C14H19N3O. The number of benzene rings is 1. The lowest BCUT2D eigenvalue weighted by atomic mass is 9.99. The highest BCUT2D eigenvalue weighted by molar-refractivity contribution is 5.73. The summed E-state index contributed by atoms with van der Waals surface area (Å²) in [7, 11) is 1.68. The van der Waals surface area contributed by atoms with Gasteiger partial charge in [-0.25, -0.2) is 0 Å². The van der Waals surface area contributed by atoms with Crippen LogP contribution in [0.15, 0.2) is 18.2 Å². The van der Waals surface area contributed by atoms with Gasteiger partial charge in [0, 0.05) is 11.1 Å². The second-order valence-electron chi connectivity index (χ2n) is 4.72. The molecule has 0 spiro atoms. The Morgan fingerprint density at radius 1 is 1.33 bits per heavy atom. The van der Waals surface area contributed by atoms with Gasteiger partial charge in [-0.2, -0.15) is 5.10 Å². The molecule has 0 aliphatic rings. The Morgan fingerprint density at radius 3 is 2.56 bits per heavy atom. The molecule has 0 amide bonds. The summed E-state index contributed by atoms with van der Waals surface area (Å²) in [6, 6.07) is 6.23. The zero-order chi connectivity index (χ0) is 13.3. The molecule has 0 aliphatic heterocycles. The second-order valence-corrected chi connectivity index (χ2v) is 4.72. The number of nitrogen functional groups attached to an aromatic ring is 1. The molecule has 0 unspecified atom stereocenters. The van der Waals surface area contributed by atoms with E-state index in [1.165, 1.54) is 5.56 Å². The Hall–Kier alpha value is -1.97. The number of nitrogens with one attached hydrogen (secondary N) is 1. The van der Waals surface area contributed by atoms with E-state index in [-0.39, 0.29) is 0 Å². The third-order valence-corrected chi connectivity index (χ3v) is 3.21. The third-order valence-electron chi connectivity index (χ3n) is 3.21. The number of rotatable bonds is 3. The summed E-state index contributed by atoms with van der Waals surface area (Å²) < 4.78 is 5.47. The quantitative estimate of drug-likeness (QED) is 0.873. The molecule has 18 heavy (non-hydrogen) atoms. The van der Waals surface area contributed by atoms with E-state index in [4.69, 9.17) is 10.5 Å². The first-order valence-corrected chi connectivity index (χ1v) is 6.03. The van der Waals surface area contributed by atoms with E-state index in [2.05, 4.69) is 36.2 Å². The molecule has 0 atom stereocenters. The summed E-state index contributed by atoms with van der Waals surface area (Å²) in [5, 5.41) is 6.98. The van der Waals surface area contributed by atoms with Crippen LogP contribution in [0.2, 0.25) is 0 Å². The normalized spacial score (nSPS) is 10.9. The molecule has 1 aromatic heterocycles. The molecule has 2 rings (SSSR count). The first-order chi connectivity index (χ1) is 8.54. The van der Waals surface area contributed by atoms with Gasteiger partial charge >= 0.3 is 0 Å². The Bertz CT molecular complexity index is 558. The van der Waals surface area contributed by atoms with Crippen LogP contribution in [0.1, 0.15) is 30.9 Å². The fourth-order valence-electron chi connectivity index (χ4n) is 1.95. The predicted octanol–water partition coefficient (Wildman–Crippen LogP) is 3.10. The average Bonchev–Trinajstić information content (AvgIpc) is 2.69. The second kappa shape index (κ2) is 4.72. The maximum atomic E-state index is 5.76. The number of nitrogens with zero attached hydrogens (tertiary/aromatic N) is 1. The first-order valence-electron chi connectivity index (χ1n) is 6.03. The molecule has 4 heteroatoms. The summed E-state index contributed by atoms with van der Waals surface area (Å²) in [5.41, 5.74) is 9.87. The van der Waals surface area contributed by atoms with Gasteiger partial charge in [-0.05, 0) is 30.5 Å². The van der Waals surface area contributed by atoms with Crippen molar-refractivity contribution in [1.29, 1.82) is 0 Å². The highest BCUT2D eigenvalue weighted by Gasteiger charge is 2.14. The monoisotopic (exact) mass is 245 g/mol. The highest BCUT2D eigenvalue weighted by atomic mass is 16.5. The van der Waals surface area contributed by atoms with E-state index in [0.29, 0.717) is 11.7 Å². The lowest BCUT2D eigenvalue weighted by Crippen LogP contribution is -1.94. The lowest BCUT2D eigenvalue weighted by Gasteiger charge is -2.12. The summed E-state index contributed by atoms with van der Waals surface area (Å²) >= 11 is 0. The van der Waals surface area contributed by atoms with Gasteiger partial charge in [0.05, 0.1) is 12.8 Å². The van der Waals surface area contributed by atoms with Crippen LogP contribution in [0.25, 0.3) is 11.3 Å². The number of aromatic nitrogens is 2. The van der Waals surface area contributed by atoms with Crippen LogP contribution in [0.4, 0.5) is 5.82 Å². The molecule has 0 saturated heterocycles. The minimum Gasteiger partial charge on any atom is -0.496 e. The van der Waals surface area contributed by atoms with Crippen LogP contribution in [-0.4, -0.2) is 17.3 Å². The number of aromatic amines is 1. The van der Waals surface area contributed by atoms with Crippen LogP contribution in [0.3, 0.4) is 0 Å². The summed E-state index contributed by atoms with van der Waals surface area (Å²) in [6.07, 6.45) is 0. The molecule has 0 radical (unpaired) electrons. The third kappa shape index (κ3) is 2.06. The van der Waals surface area contributed by atoms with Crippen molar-refractivity contribution in [3.8, 4) is 17.0 Å². The van der Waals surface area contributed by atoms with E-state index in [1.54, 1.807) is 7.11 Å². The molecule has 0 saturated carbocycles. The van der Waals surface area contributed by atoms with E-state index >= 15 is 0 Å². The maximum absolute atomic E-state index is 5.76. The number of anilines is 1. The minimum absolute atomic E-state index is 0.473. The van der Waals surface area contributed by atoms with Crippen LogP contribution < -0.4 is 10.5 Å². The number of ether oxygens (including phenoxy) is 1. The Morgan fingerprint density at radius 2 is 2.06 bits per heavy atom. The van der Waals surface area contributed by atoms with E-state index in [0.717, 1.165) is 22.6 Å². The van der Waals surface area contributed by atoms with Crippen molar-refractivity contribution in [2.24, 2.45) is 0 Å². The van der Waals surface area contributed by atoms with Gasteiger partial charge in [0.25, 0.3) is 0 Å². The van der Waals surface area contributed by atoms with Gasteiger partial charge in [0.1, 0.15) is 11.6 Å². The fraction of sp³-hybridized carbons (Fsp3) is 0.357. The van der Waals surface area contributed by atoms with Crippen molar-refractivity contribution in [2.45, 2.75) is 26.7 Å². The standard InChI is InChI=1S/C14H19N3O/c1-8(2)10-5-6-11(12(7-10)18-4)13-9(3)14(15)17-16-13/h5-8H,1-4H3,(H3,15,16,17). The number of hydrogen-bond donors (Lipinski definition) is 2. The molecule has 0 fully saturated rings. The number of H-pyrrole nitrogens is 1. The van der Waals surface area contributed by atoms with Crippen LogP contribution in [0, 0.1) is 6.92 Å². The molecule has 1 heterocycles. The lowest BCUT2D eigenvalue weighted by molar-refractivity contribution is 0.415. The van der Waals surface area contributed by atoms with Gasteiger partial charge in [-0.1, -0.05) is 19.9 Å². The number of methoxy groups -OCH3 is 1. The molecule has 2 aromatic rings. The van der Waals surface area contributed by atoms with Gasteiger partial charge in [0.15, 0.2) is 0 Å². The molecule has 0 bridgehead atoms.